The Morgan fingerprint density at radius 2 is 0.750 bits per heavy atom. The summed E-state index contributed by atoms with van der Waals surface area (Å²) in [6.07, 6.45) is 0.987. The molecule has 0 unspecified atom stereocenters. The van der Waals surface area contributed by atoms with E-state index < -0.39 is 0 Å². The normalized spacial score (nSPS) is 11.8. The zero-order valence-electron chi connectivity index (χ0n) is 21.8. The maximum Gasteiger partial charge on any atom is 0.134 e. The molecule has 0 fully saturated rings. The number of carbonyl (C=O) groups is 2. The lowest BCUT2D eigenvalue weighted by Crippen LogP contribution is -2.10. The molecule has 0 heterocycles. The number of rotatable bonds is 9. The molecule has 0 spiro atoms. The van der Waals surface area contributed by atoms with Crippen molar-refractivity contribution in [2.24, 2.45) is 0 Å². The van der Waals surface area contributed by atoms with Crippen LogP contribution in [-0.2, 0) is 22.4 Å². The van der Waals surface area contributed by atoms with Crippen molar-refractivity contribution >= 4 is 11.6 Å². The van der Waals surface area contributed by atoms with Crippen molar-refractivity contribution in [3.63, 3.8) is 0 Å². The highest BCUT2D eigenvalue weighted by Gasteiger charge is 2.21. The molecule has 0 aliphatic rings. The number of hydrogen-bond acceptors (Lipinski definition) is 2. The molecule has 0 amide bonds. The zero-order valence-corrected chi connectivity index (χ0v) is 21.8. The highest BCUT2D eigenvalue weighted by atomic mass is 16.1. The standard InChI is InChI=1S/C30H42O2/c1-17(2)25-13-23(14-26(18(3)4)29(25)11-21(9)31)24-15-27(19(5)6)30(12-22(10)32)28(16-24)20(7)8/h13-20H,11-12H2,1-10H3. The second-order valence-corrected chi connectivity index (χ2v) is 10.6. The van der Waals surface area contributed by atoms with Gasteiger partial charge in [-0.05, 0) is 82.0 Å². The summed E-state index contributed by atoms with van der Waals surface area (Å²) in [5, 5.41) is 0. The lowest BCUT2D eigenvalue weighted by molar-refractivity contribution is -0.117. The Labute approximate surface area is 195 Å². The SMILES string of the molecule is CC(=O)Cc1c(C(C)C)cc(-c2cc(C(C)C)c(CC(C)=O)c(C(C)C)c2)cc1C(C)C. The third-order valence-electron chi connectivity index (χ3n) is 6.31. The third-order valence-corrected chi connectivity index (χ3v) is 6.31. The molecule has 2 rings (SSSR count). The van der Waals surface area contributed by atoms with E-state index in [1.54, 1.807) is 13.8 Å². The number of Topliss-reactive ketones (excluding diaryl/α,β-unsaturated/α-hetero) is 2. The molecule has 0 bridgehead atoms. The first kappa shape index (κ1) is 26.0. The molecule has 0 atom stereocenters. The Bertz CT molecular complexity index is 850. The van der Waals surface area contributed by atoms with Gasteiger partial charge >= 0.3 is 0 Å². The van der Waals surface area contributed by atoms with Gasteiger partial charge in [0.15, 0.2) is 0 Å². The van der Waals surface area contributed by atoms with Crippen molar-refractivity contribution in [3.8, 4) is 11.1 Å². The first-order chi connectivity index (χ1) is 14.8. The van der Waals surface area contributed by atoms with Crippen LogP contribution in [-0.4, -0.2) is 11.6 Å². The van der Waals surface area contributed by atoms with E-state index in [9.17, 15) is 9.59 Å². The molecule has 2 heteroatoms. The van der Waals surface area contributed by atoms with E-state index in [0.29, 0.717) is 36.5 Å². The Morgan fingerprint density at radius 1 is 0.531 bits per heavy atom. The van der Waals surface area contributed by atoms with Crippen molar-refractivity contribution in [2.45, 2.75) is 106 Å². The second-order valence-electron chi connectivity index (χ2n) is 10.6. The quantitative estimate of drug-likeness (QED) is 0.399. The number of hydrogen-bond donors (Lipinski definition) is 0. The van der Waals surface area contributed by atoms with E-state index in [2.05, 4.69) is 79.7 Å². The van der Waals surface area contributed by atoms with Crippen LogP contribution in [0.2, 0.25) is 0 Å². The molecule has 2 nitrogen and oxygen atoms in total. The van der Waals surface area contributed by atoms with Crippen LogP contribution < -0.4 is 0 Å². The highest BCUT2D eigenvalue weighted by molar-refractivity contribution is 5.81. The van der Waals surface area contributed by atoms with Crippen molar-refractivity contribution in [1.29, 1.82) is 0 Å². The molecule has 2 aromatic carbocycles. The Kier molecular flexibility index (Phi) is 8.62. The number of carbonyl (C=O) groups excluding carboxylic acids is 2. The Balaban J connectivity index is 2.86. The van der Waals surface area contributed by atoms with Gasteiger partial charge in [0.25, 0.3) is 0 Å². The summed E-state index contributed by atoms with van der Waals surface area (Å²) >= 11 is 0. The molecule has 0 aromatic heterocycles. The summed E-state index contributed by atoms with van der Waals surface area (Å²) < 4.78 is 0. The summed E-state index contributed by atoms with van der Waals surface area (Å²) in [4.78, 5) is 24.1. The second kappa shape index (κ2) is 10.6. The minimum absolute atomic E-state index is 0.208. The van der Waals surface area contributed by atoms with Crippen LogP contribution >= 0.6 is 0 Å². The lowest BCUT2D eigenvalue weighted by Gasteiger charge is -2.24. The maximum atomic E-state index is 12.1. The van der Waals surface area contributed by atoms with Crippen LogP contribution in [0.4, 0.5) is 0 Å². The summed E-state index contributed by atoms with van der Waals surface area (Å²) in [5.74, 6) is 1.78. The molecule has 0 radical (unpaired) electrons. The molecule has 0 N–H and O–H groups in total. The number of ketones is 2. The van der Waals surface area contributed by atoms with Crippen LogP contribution in [0.1, 0.15) is 126 Å². The summed E-state index contributed by atoms with van der Waals surface area (Å²) in [7, 11) is 0. The molecule has 32 heavy (non-hydrogen) atoms. The van der Waals surface area contributed by atoms with Crippen molar-refractivity contribution < 1.29 is 9.59 Å². The van der Waals surface area contributed by atoms with Crippen molar-refractivity contribution in [2.75, 3.05) is 0 Å². The zero-order chi connectivity index (χ0) is 24.3. The van der Waals surface area contributed by atoms with Crippen molar-refractivity contribution in [3.05, 3.63) is 57.6 Å². The third kappa shape index (κ3) is 5.97. The summed E-state index contributed by atoms with van der Waals surface area (Å²) in [5.41, 5.74) is 9.90. The fraction of sp³-hybridized carbons (Fsp3) is 0.533. The van der Waals surface area contributed by atoms with Crippen LogP contribution in [0.25, 0.3) is 11.1 Å². The molecular weight excluding hydrogens is 392 g/mol. The van der Waals surface area contributed by atoms with Crippen LogP contribution in [0.5, 0.6) is 0 Å². The van der Waals surface area contributed by atoms with E-state index >= 15 is 0 Å². The monoisotopic (exact) mass is 434 g/mol. The molecular formula is C30H42O2. The van der Waals surface area contributed by atoms with Gasteiger partial charge in [0.05, 0.1) is 0 Å². The molecule has 0 aliphatic heterocycles. The minimum Gasteiger partial charge on any atom is -0.300 e. The van der Waals surface area contributed by atoms with Gasteiger partial charge in [-0.2, -0.15) is 0 Å². The first-order valence-electron chi connectivity index (χ1n) is 12.2. The van der Waals surface area contributed by atoms with Gasteiger partial charge in [-0.15, -0.1) is 0 Å². The Morgan fingerprint density at radius 3 is 0.906 bits per heavy atom. The molecule has 0 aliphatic carbocycles. The van der Waals surface area contributed by atoms with Gasteiger partial charge in [-0.1, -0.05) is 79.7 Å². The molecule has 0 saturated carbocycles. The predicted octanol–water partition coefficient (Wildman–Crippen LogP) is 8.11. The van der Waals surface area contributed by atoms with Crippen LogP contribution in [0, 0.1) is 0 Å². The van der Waals surface area contributed by atoms with Gasteiger partial charge in [0.2, 0.25) is 0 Å². The summed E-state index contributed by atoms with van der Waals surface area (Å²) in [6.45, 7) is 21.0. The maximum absolute atomic E-state index is 12.1. The van der Waals surface area contributed by atoms with E-state index in [4.69, 9.17) is 0 Å². The van der Waals surface area contributed by atoms with E-state index in [-0.39, 0.29) is 11.6 Å². The average molecular weight is 435 g/mol. The molecule has 2 aromatic rings. The Hall–Kier alpha value is -2.22. The van der Waals surface area contributed by atoms with Gasteiger partial charge in [-0.3, -0.25) is 9.59 Å². The average Bonchev–Trinajstić information content (AvgIpc) is 2.66. The van der Waals surface area contributed by atoms with Crippen LogP contribution in [0.3, 0.4) is 0 Å². The molecule has 174 valence electrons. The molecule has 0 saturated heterocycles. The van der Waals surface area contributed by atoms with Crippen molar-refractivity contribution in [1.82, 2.24) is 0 Å². The smallest absolute Gasteiger partial charge is 0.134 e. The largest absolute Gasteiger partial charge is 0.300 e. The lowest BCUT2D eigenvalue weighted by atomic mass is 9.80. The van der Waals surface area contributed by atoms with E-state index in [1.807, 2.05) is 0 Å². The van der Waals surface area contributed by atoms with Crippen LogP contribution in [0.15, 0.2) is 24.3 Å². The first-order valence-corrected chi connectivity index (χ1v) is 12.2. The van der Waals surface area contributed by atoms with Gasteiger partial charge < -0.3 is 0 Å². The highest BCUT2D eigenvalue weighted by Crippen LogP contribution is 2.38. The van der Waals surface area contributed by atoms with Gasteiger partial charge in [0, 0.05) is 12.8 Å². The van der Waals surface area contributed by atoms with Gasteiger partial charge in [-0.25, -0.2) is 0 Å². The fourth-order valence-corrected chi connectivity index (χ4v) is 4.74. The van der Waals surface area contributed by atoms with E-state index in [1.165, 1.54) is 44.5 Å². The topological polar surface area (TPSA) is 34.1 Å². The van der Waals surface area contributed by atoms with E-state index in [0.717, 1.165) is 0 Å². The van der Waals surface area contributed by atoms with Gasteiger partial charge in [0.1, 0.15) is 11.6 Å². The predicted molar refractivity (Wildman–Crippen MR) is 137 cm³/mol. The fourth-order valence-electron chi connectivity index (χ4n) is 4.74. The number of benzene rings is 2. The summed E-state index contributed by atoms with van der Waals surface area (Å²) in [6, 6.07) is 9.18. The minimum atomic E-state index is 0.208.